The van der Waals surface area contributed by atoms with Gasteiger partial charge in [0.25, 0.3) is 0 Å². The molecule has 0 radical (unpaired) electrons. The average Bonchev–Trinajstić information content (AvgIpc) is 2.55. The Morgan fingerprint density at radius 3 is 2.67 bits per heavy atom. The zero-order valence-electron chi connectivity index (χ0n) is 13.0. The summed E-state index contributed by atoms with van der Waals surface area (Å²) >= 11 is 0. The minimum Gasteiger partial charge on any atom is -0.478 e. The van der Waals surface area contributed by atoms with Crippen molar-refractivity contribution < 1.29 is 19.8 Å². The first-order valence-corrected chi connectivity index (χ1v) is 7.73. The van der Waals surface area contributed by atoms with Gasteiger partial charge in [-0.15, -0.1) is 0 Å². The number of benzene rings is 2. The number of aliphatic hydroxyl groups is 1. The maximum absolute atomic E-state index is 12.2. The smallest absolute Gasteiger partial charge is 0.335 e. The molecule has 2 aromatic rings. The van der Waals surface area contributed by atoms with Crippen LogP contribution in [0.5, 0.6) is 0 Å². The van der Waals surface area contributed by atoms with Gasteiger partial charge in [0, 0.05) is 17.8 Å². The predicted molar refractivity (Wildman–Crippen MR) is 90.5 cm³/mol. The van der Waals surface area contributed by atoms with Gasteiger partial charge in [-0.2, -0.15) is 0 Å². The molecule has 0 fully saturated rings. The van der Waals surface area contributed by atoms with Crippen molar-refractivity contribution in [3.05, 3.63) is 59.2 Å². The van der Waals surface area contributed by atoms with Gasteiger partial charge in [-0.3, -0.25) is 0 Å². The SMILES string of the molecule is O=C(Nc1cccc(C(=O)O)c1)Nc1cccc2c1CC(O)CC2. The molecule has 1 aliphatic rings. The molecule has 0 saturated heterocycles. The molecule has 6 nitrogen and oxygen atoms in total. The van der Waals surface area contributed by atoms with Crippen LogP contribution in [0.15, 0.2) is 42.5 Å². The number of carbonyl (C=O) groups is 2. The standard InChI is InChI=1S/C18H18N2O4/c21-14-8-7-11-3-2-6-16(15(11)10-14)20-18(24)19-13-5-1-4-12(9-13)17(22)23/h1-6,9,14,21H,7-8,10H2,(H,22,23)(H2,19,20,24). The number of hydrogen-bond acceptors (Lipinski definition) is 3. The van der Waals surface area contributed by atoms with Gasteiger partial charge in [-0.25, -0.2) is 9.59 Å². The summed E-state index contributed by atoms with van der Waals surface area (Å²) in [6, 6.07) is 11.3. The minimum atomic E-state index is -1.05. The number of hydrogen-bond donors (Lipinski definition) is 4. The molecule has 0 spiro atoms. The Hall–Kier alpha value is -2.86. The third-order valence-corrected chi connectivity index (χ3v) is 4.08. The minimum absolute atomic E-state index is 0.105. The second-order valence-electron chi connectivity index (χ2n) is 5.80. The molecule has 2 aromatic carbocycles. The molecule has 6 heteroatoms. The second kappa shape index (κ2) is 6.72. The van der Waals surface area contributed by atoms with Crippen molar-refractivity contribution >= 4 is 23.4 Å². The first-order valence-electron chi connectivity index (χ1n) is 7.73. The summed E-state index contributed by atoms with van der Waals surface area (Å²) in [4.78, 5) is 23.2. The van der Waals surface area contributed by atoms with E-state index in [4.69, 9.17) is 5.11 Å². The van der Waals surface area contributed by atoms with Gasteiger partial charge < -0.3 is 20.8 Å². The molecular weight excluding hydrogens is 308 g/mol. The molecule has 0 bridgehead atoms. The number of anilines is 2. The largest absolute Gasteiger partial charge is 0.478 e. The summed E-state index contributed by atoms with van der Waals surface area (Å²) in [7, 11) is 0. The van der Waals surface area contributed by atoms with Gasteiger partial charge in [-0.1, -0.05) is 18.2 Å². The zero-order valence-corrected chi connectivity index (χ0v) is 13.0. The molecule has 0 saturated carbocycles. The van der Waals surface area contributed by atoms with Crippen LogP contribution >= 0.6 is 0 Å². The third-order valence-electron chi connectivity index (χ3n) is 4.08. The molecule has 1 unspecified atom stereocenters. The van der Waals surface area contributed by atoms with E-state index in [2.05, 4.69) is 10.6 Å². The van der Waals surface area contributed by atoms with Crippen molar-refractivity contribution in [2.24, 2.45) is 0 Å². The Balaban J connectivity index is 1.74. The first kappa shape index (κ1) is 16.0. The highest BCUT2D eigenvalue weighted by Crippen LogP contribution is 2.28. The lowest BCUT2D eigenvalue weighted by atomic mass is 9.88. The molecule has 0 heterocycles. The number of carboxylic acids is 1. The van der Waals surface area contributed by atoms with Gasteiger partial charge in [0.1, 0.15) is 0 Å². The maximum Gasteiger partial charge on any atom is 0.335 e. The fraction of sp³-hybridized carbons (Fsp3) is 0.222. The van der Waals surface area contributed by atoms with E-state index in [0.717, 1.165) is 24.0 Å². The Morgan fingerprint density at radius 1 is 1.08 bits per heavy atom. The van der Waals surface area contributed by atoms with Crippen LogP contribution in [0.3, 0.4) is 0 Å². The van der Waals surface area contributed by atoms with E-state index in [0.29, 0.717) is 17.8 Å². The number of carboxylic acid groups (broad SMARTS) is 1. The van der Waals surface area contributed by atoms with Crippen molar-refractivity contribution in [3.8, 4) is 0 Å². The van der Waals surface area contributed by atoms with Crippen LogP contribution in [-0.4, -0.2) is 28.3 Å². The Bertz CT molecular complexity index is 788. The lowest BCUT2D eigenvalue weighted by molar-refractivity contribution is 0.0697. The Kier molecular flexibility index (Phi) is 4.48. The van der Waals surface area contributed by atoms with Crippen molar-refractivity contribution in [3.63, 3.8) is 0 Å². The highest BCUT2D eigenvalue weighted by molar-refractivity contribution is 6.01. The molecule has 124 valence electrons. The number of aryl methyl sites for hydroxylation is 1. The van der Waals surface area contributed by atoms with Crippen LogP contribution in [0.25, 0.3) is 0 Å². The van der Waals surface area contributed by atoms with E-state index in [9.17, 15) is 14.7 Å². The highest BCUT2D eigenvalue weighted by Gasteiger charge is 2.20. The summed E-state index contributed by atoms with van der Waals surface area (Å²) in [5.74, 6) is -1.05. The number of aromatic carboxylic acids is 1. The zero-order chi connectivity index (χ0) is 17.1. The number of amides is 2. The molecule has 3 rings (SSSR count). The highest BCUT2D eigenvalue weighted by atomic mass is 16.4. The number of rotatable bonds is 3. The lowest BCUT2D eigenvalue weighted by Crippen LogP contribution is -2.24. The molecule has 0 aromatic heterocycles. The average molecular weight is 326 g/mol. The third kappa shape index (κ3) is 3.55. The summed E-state index contributed by atoms with van der Waals surface area (Å²) in [5.41, 5.74) is 3.25. The number of urea groups is 1. The van der Waals surface area contributed by atoms with Crippen molar-refractivity contribution in [1.82, 2.24) is 0 Å². The molecule has 1 atom stereocenters. The van der Waals surface area contributed by atoms with Crippen LogP contribution in [-0.2, 0) is 12.8 Å². The number of nitrogens with one attached hydrogen (secondary N) is 2. The fourth-order valence-corrected chi connectivity index (χ4v) is 2.90. The van der Waals surface area contributed by atoms with Gasteiger partial charge in [0.15, 0.2) is 0 Å². The molecule has 2 amide bonds. The molecule has 1 aliphatic carbocycles. The topological polar surface area (TPSA) is 98.7 Å². The molecule has 0 aliphatic heterocycles. The van der Waals surface area contributed by atoms with Crippen molar-refractivity contribution in [2.75, 3.05) is 10.6 Å². The van der Waals surface area contributed by atoms with E-state index in [-0.39, 0.29) is 5.56 Å². The monoisotopic (exact) mass is 326 g/mol. The van der Waals surface area contributed by atoms with Crippen LogP contribution in [0, 0.1) is 0 Å². The lowest BCUT2D eigenvalue weighted by Gasteiger charge is -2.23. The van der Waals surface area contributed by atoms with Gasteiger partial charge in [0.2, 0.25) is 0 Å². The number of carbonyl (C=O) groups excluding carboxylic acids is 1. The van der Waals surface area contributed by atoms with Crippen LogP contribution in [0.1, 0.15) is 27.9 Å². The molecule has 24 heavy (non-hydrogen) atoms. The Labute approximate surface area is 139 Å². The van der Waals surface area contributed by atoms with Gasteiger partial charge in [0.05, 0.1) is 11.7 Å². The van der Waals surface area contributed by atoms with E-state index in [1.54, 1.807) is 18.2 Å². The number of fused-ring (bicyclic) bond motifs is 1. The predicted octanol–water partition coefficient (Wildman–Crippen LogP) is 2.88. The van der Waals surface area contributed by atoms with Crippen LogP contribution in [0.2, 0.25) is 0 Å². The summed E-state index contributed by atoms with van der Waals surface area (Å²) in [5, 5.41) is 24.2. The van der Waals surface area contributed by atoms with Gasteiger partial charge >= 0.3 is 12.0 Å². The Morgan fingerprint density at radius 2 is 1.88 bits per heavy atom. The summed E-state index contributed by atoms with van der Waals surface area (Å²) in [6.07, 6.45) is 1.63. The van der Waals surface area contributed by atoms with Crippen LogP contribution < -0.4 is 10.6 Å². The maximum atomic E-state index is 12.2. The second-order valence-corrected chi connectivity index (χ2v) is 5.80. The quantitative estimate of drug-likeness (QED) is 0.697. The normalized spacial score (nSPS) is 16.1. The van der Waals surface area contributed by atoms with Crippen molar-refractivity contribution in [1.29, 1.82) is 0 Å². The first-order chi connectivity index (χ1) is 11.5. The summed E-state index contributed by atoms with van der Waals surface area (Å²) < 4.78 is 0. The van der Waals surface area contributed by atoms with E-state index >= 15 is 0 Å². The molecular formula is C18H18N2O4. The van der Waals surface area contributed by atoms with Gasteiger partial charge in [-0.05, 0) is 48.2 Å². The van der Waals surface area contributed by atoms with Crippen molar-refractivity contribution in [2.45, 2.75) is 25.4 Å². The number of aliphatic hydroxyl groups excluding tert-OH is 1. The fourth-order valence-electron chi connectivity index (χ4n) is 2.90. The van der Waals surface area contributed by atoms with Crippen LogP contribution in [0.4, 0.5) is 16.2 Å². The van der Waals surface area contributed by atoms with E-state index in [1.807, 2.05) is 12.1 Å². The van der Waals surface area contributed by atoms with E-state index in [1.165, 1.54) is 12.1 Å². The summed E-state index contributed by atoms with van der Waals surface area (Å²) in [6.45, 7) is 0. The molecule has 4 N–H and O–H groups in total. The van der Waals surface area contributed by atoms with E-state index < -0.39 is 18.1 Å².